The fraction of sp³-hybridized carbons (Fsp3) is 0.158. The topological polar surface area (TPSA) is 59.0 Å². The highest BCUT2D eigenvalue weighted by atomic mass is 35.5. The van der Waals surface area contributed by atoms with Gasteiger partial charge >= 0.3 is 6.03 Å². The van der Waals surface area contributed by atoms with Gasteiger partial charge in [-0.05, 0) is 23.1 Å². The maximum absolute atomic E-state index is 11.9. The molecule has 0 spiro atoms. The number of urea groups is 1. The number of amides is 2. The van der Waals surface area contributed by atoms with Crippen LogP contribution in [0.1, 0.15) is 5.56 Å². The summed E-state index contributed by atoms with van der Waals surface area (Å²) in [6.45, 7) is 0.522. The molecule has 1 aromatic heterocycles. The zero-order valence-corrected chi connectivity index (χ0v) is 14.6. The summed E-state index contributed by atoms with van der Waals surface area (Å²) in [7, 11) is 1.74. The highest BCUT2D eigenvalue weighted by molar-refractivity contribution is 6.33. The van der Waals surface area contributed by atoms with Crippen LogP contribution in [0.2, 0.25) is 5.02 Å². The molecular formula is C19H19ClN4O. The molecule has 0 saturated carbocycles. The van der Waals surface area contributed by atoms with E-state index in [2.05, 4.69) is 46.1 Å². The number of rotatable bonds is 5. The second-order valence-electron chi connectivity index (χ2n) is 5.70. The lowest BCUT2D eigenvalue weighted by atomic mass is 10.0. The third-order valence-corrected chi connectivity index (χ3v) is 4.03. The summed E-state index contributed by atoms with van der Waals surface area (Å²) in [5, 5.41) is 9.94. The first-order valence-corrected chi connectivity index (χ1v) is 8.38. The summed E-state index contributed by atoms with van der Waals surface area (Å²) >= 11 is 5.97. The molecular weight excluding hydrogens is 336 g/mol. The van der Waals surface area contributed by atoms with Crippen LogP contribution in [0.5, 0.6) is 0 Å². The minimum atomic E-state index is -0.320. The van der Waals surface area contributed by atoms with E-state index >= 15 is 0 Å². The van der Waals surface area contributed by atoms with E-state index in [9.17, 15) is 4.79 Å². The summed E-state index contributed by atoms with van der Waals surface area (Å²) in [5.74, 6) is 0.354. The van der Waals surface area contributed by atoms with Crippen LogP contribution >= 0.6 is 11.6 Å². The maximum atomic E-state index is 11.9. The Balaban J connectivity index is 1.54. The molecule has 1 heterocycles. The molecule has 3 aromatic rings. The van der Waals surface area contributed by atoms with E-state index in [-0.39, 0.29) is 6.03 Å². The second kappa shape index (κ2) is 7.85. The molecule has 5 nitrogen and oxygen atoms in total. The number of carbonyl (C=O) groups excluding carboxylic acids is 1. The Morgan fingerprint density at radius 1 is 1.12 bits per heavy atom. The number of aryl methyl sites for hydroxylation is 1. The van der Waals surface area contributed by atoms with Crippen molar-refractivity contribution < 1.29 is 4.79 Å². The van der Waals surface area contributed by atoms with Gasteiger partial charge in [-0.15, -0.1) is 0 Å². The van der Waals surface area contributed by atoms with Crippen molar-refractivity contribution in [2.45, 2.75) is 6.42 Å². The highest BCUT2D eigenvalue weighted by Gasteiger charge is 2.09. The minimum absolute atomic E-state index is 0.320. The Labute approximate surface area is 151 Å². The van der Waals surface area contributed by atoms with Gasteiger partial charge in [-0.3, -0.25) is 10.00 Å². The van der Waals surface area contributed by atoms with E-state index in [0.29, 0.717) is 17.4 Å². The predicted octanol–water partition coefficient (Wildman–Crippen LogP) is 4.10. The number of carbonyl (C=O) groups is 1. The lowest BCUT2D eigenvalue weighted by Gasteiger charge is -2.08. The largest absolute Gasteiger partial charge is 0.337 e. The molecule has 25 heavy (non-hydrogen) atoms. The second-order valence-corrected chi connectivity index (χ2v) is 6.10. The van der Waals surface area contributed by atoms with Crippen LogP contribution < -0.4 is 10.6 Å². The van der Waals surface area contributed by atoms with Gasteiger partial charge in [0.1, 0.15) is 5.02 Å². The van der Waals surface area contributed by atoms with Crippen LogP contribution in [0.4, 0.5) is 10.6 Å². The van der Waals surface area contributed by atoms with Crippen LogP contribution in [-0.4, -0.2) is 22.4 Å². The predicted molar refractivity (Wildman–Crippen MR) is 101 cm³/mol. The van der Waals surface area contributed by atoms with Crippen LogP contribution in [-0.2, 0) is 13.5 Å². The molecule has 2 aromatic carbocycles. The molecule has 3 rings (SSSR count). The molecule has 0 aliphatic rings. The monoisotopic (exact) mass is 354 g/mol. The molecule has 0 unspecified atom stereocenters. The summed E-state index contributed by atoms with van der Waals surface area (Å²) < 4.78 is 1.55. The molecule has 0 aliphatic heterocycles. The van der Waals surface area contributed by atoms with Gasteiger partial charge in [-0.1, -0.05) is 66.2 Å². The first-order chi connectivity index (χ1) is 12.1. The first-order valence-electron chi connectivity index (χ1n) is 8.00. The van der Waals surface area contributed by atoms with E-state index in [0.717, 1.165) is 12.0 Å². The molecule has 0 saturated heterocycles. The van der Waals surface area contributed by atoms with Crippen LogP contribution in [0.15, 0.2) is 60.8 Å². The van der Waals surface area contributed by atoms with Gasteiger partial charge < -0.3 is 5.32 Å². The fourth-order valence-corrected chi connectivity index (χ4v) is 2.78. The smallest absolute Gasteiger partial charge is 0.320 e. The Morgan fingerprint density at radius 3 is 2.60 bits per heavy atom. The van der Waals surface area contributed by atoms with Gasteiger partial charge in [0.15, 0.2) is 5.82 Å². The van der Waals surface area contributed by atoms with Crippen molar-refractivity contribution in [2.24, 2.45) is 7.05 Å². The normalized spacial score (nSPS) is 10.5. The molecule has 6 heteroatoms. The average Bonchev–Trinajstić information content (AvgIpc) is 2.93. The Bertz CT molecular complexity index is 861. The third kappa shape index (κ3) is 4.61. The molecule has 0 aliphatic carbocycles. The van der Waals surface area contributed by atoms with Crippen LogP contribution in [0.25, 0.3) is 11.1 Å². The number of nitrogens with zero attached hydrogens (tertiary/aromatic N) is 2. The quantitative estimate of drug-likeness (QED) is 0.724. The Hall–Kier alpha value is -2.79. The van der Waals surface area contributed by atoms with Gasteiger partial charge in [0.2, 0.25) is 0 Å². The molecule has 128 valence electrons. The van der Waals surface area contributed by atoms with Gasteiger partial charge in [-0.2, -0.15) is 5.10 Å². The van der Waals surface area contributed by atoms with Crippen molar-refractivity contribution in [3.05, 3.63) is 71.4 Å². The van der Waals surface area contributed by atoms with Crippen molar-refractivity contribution in [1.29, 1.82) is 0 Å². The lowest BCUT2D eigenvalue weighted by Crippen LogP contribution is -2.30. The van der Waals surface area contributed by atoms with Crippen molar-refractivity contribution in [1.82, 2.24) is 15.1 Å². The van der Waals surface area contributed by atoms with E-state index in [4.69, 9.17) is 11.6 Å². The number of halogens is 1. The number of benzene rings is 2. The summed E-state index contributed by atoms with van der Waals surface area (Å²) in [6.07, 6.45) is 2.37. The number of nitrogens with one attached hydrogen (secondary N) is 2. The average molecular weight is 355 g/mol. The van der Waals surface area contributed by atoms with Gasteiger partial charge in [0, 0.05) is 19.8 Å². The number of anilines is 1. The number of hydrogen-bond acceptors (Lipinski definition) is 2. The minimum Gasteiger partial charge on any atom is -0.337 e. The van der Waals surface area contributed by atoms with Crippen molar-refractivity contribution in [2.75, 3.05) is 11.9 Å². The van der Waals surface area contributed by atoms with Gasteiger partial charge in [0.05, 0.1) is 0 Å². The summed E-state index contributed by atoms with van der Waals surface area (Å²) in [4.78, 5) is 11.9. The Morgan fingerprint density at radius 2 is 1.88 bits per heavy atom. The molecule has 0 atom stereocenters. The van der Waals surface area contributed by atoms with Gasteiger partial charge in [-0.25, -0.2) is 4.79 Å². The molecule has 2 N–H and O–H groups in total. The Kier molecular flexibility index (Phi) is 5.36. The van der Waals surface area contributed by atoms with Crippen molar-refractivity contribution in [3.63, 3.8) is 0 Å². The SMILES string of the molecule is Cn1cc(Cl)c(NC(=O)NCCc2cccc(-c3ccccc3)c2)n1. The summed E-state index contributed by atoms with van der Waals surface area (Å²) in [5.41, 5.74) is 3.51. The number of aromatic nitrogens is 2. The lowest BCUT2D eigenvalue weighted by molar-refractivity contribution is 0.252. The van der Waals surface area contributed by atoms with Gasteiger partial charge in [0.25, 0.3) is 0 Å². The molecule has 0 radical (unpaired) electrons. The molecule has 0 fully saturated rings. The summed E-state index contributed by atoms with van der Waals surface area (Å²) in [6, 6.07) is 18.2. The zero-order valence-electron chi connectivity index (χ0n) is 13.9. The molecule has 0 bridgehead atoms. The van der Waals surface area contributed by atoms with Crippen molar-refractivity contribution >= 4 is 23.4 Å². The fourth-order valence-electron chi connectivity index (χ4n) is 2.55. The molecule has 2 amide bonds. The third-order valence-electron chi connectivity index (χ3n) is 3.75. The van der Waals surface area contributed by atoms with E-state index < -0.39 is 0 Å². The number of hydrogen-bond donors (Lipinski definition) is 2. The first kappa shape index (κ1) is 17.0. The maximum Gasteiger partial charge on any atom is 0.320 e. The van der Waals surface area contributed by atoms with Crippen molar-refractivity contribution in [3.8, 4) is 11.1 Å². The van der Waals surface area contributed by atoms with Crippen LogP contribution in [0.3, 0.4) is 0 Å². The van der Waals surface area contributed by atoms with Crippen LogP contribution in [0, 0.1) is 0 Å². The highest BCUT2D eigenvalue weighted by Crippen LogP contribution is 2.20. The standard InChI is InChI=1S/C19H19ClN4O/c1-24-13-17(20)18(23-24)22-19(25)21-11-10-14-6-5-9-16(12-14)15-7-3-2-4-8-15/h2-9,12-13H,10-11H2,1H3,(H2,21,22,23,25). The van der Waals surface area contributed by atoms with E-state index in [1.807, 2.05) is 24.3 Å². The van der Waals surface area contributed by atoms with E-state index in [1.165, 1.54) is 11.1 Å². The van der Waals surface area contributed by atoms with E-state index in [1.54, 1.807) is 17.9 Å². The zero-order chi connectivity index (χ0) is 17.6.